The van der Waals surface area contributed by atoms with E-state index in [0.29, 0.717) is 0 Å². The second-order valence-corrected chi connectivity index (χ2v) is 5.04. The van der Waals surface area contributed by atoms with Gasteiger partial charge in [0.25, 0.3) is 0 Å². The normalized spacial score (nSPS) is 10.8. The van der Waals surface area contributed by atoms with Gasteiger partial charge in [0.15, 0.2) is 0 Å². The van der Waals surface area contributed by atoms with E-state index in [2.05, 4.69) is 19.2 Å². The lowest BCUT2D eigenvalue weighted by atomic mass is 10.2. The SMILES string of the molecule is CC(C)CNCCCCOc1ccc(Cl)cc1. The molecule has 0 aliphatic heterocycles. The highest BCUT2D eigenvalue weighted by molar-refractivity contribution is 6.30. The molecule has 0 atom stereocenters. The van der Waals surface area contributed by atoms with Gasteiger partial charge < -0.3 is 10.1 Å². The number of unbranched alkanes of at least 4 members (excludes halogenated alkanes) is 1. The van der Waals surface area contributed by atoms with Gasteiger partial charge in [-0.1, -0.05) is 25.4 Å². The molecule has 0 aliphatic rings. The maximum Gasteiger partial charge on any atom is 0.119 e. The van der Waals surface area contributed by atoms with Gasteiger partial charge >= 0.3 is 0 Å². The molecule has 0 heterocycles. The van der Waals surface area contributed by atoms with E-state index in [1.54, 1.807) is 0 Å². The minimum Gasteiger partial charge on any atom is -0.494 e. The summed E-state index contributed by atoms with van der Waals surface area (Å²) in [6.45, 7) is 7.37. The van der Waals surface area contributed by atoms with Crippen molar-refractivity contribution >= 4 is 11.6 Å². The molecule has 0 aliphatic carbocycles. The molecule has 1 rings (SSSR count). The number of hydrogen-bond acceptors (Lipinski definition) is 2. The average Bonchev–Trinajstić information content (AvgIpc) is 2.30. The van der Waals surface area contributed by atoms with Crippen LogP contribution in [0.2, 0.25) is 5.02 Å². The Labute approximate surface area is 109 Å². The van der Waals surface area contributed by atoms with Gasteiger partial charge in [-0.3, -0.25) is 0 Å². The summed E-state index contributed by atoms with van der Waals surface area (Å²) in [5.74, 6) is 1.62. The third kappa shape index (κ3) is 7.24. The van der Waals surface area contributed by atoms with Crippen molar-refractivity contribution in [1.82, 2.24) is 5.32 Å². The van der Waals surface area contributed by atoms with Gasteiger partial charge in [0.2, 0.25) is 0 Å². The molecule has 96 valence electrons. The molecule has 3 heteroatoms. The molecule has 1 aromatic rings. The topological polar surface area (TPSA) is 21.3 Å². The molecule has 0 saturated heterocycles. The van der Waals surface area contributed by atoms with Gasteiger partial charge in [-0.05, 0) is 56.1 Å². The highest BCUT2D eigenvalue weighted by Crippen LogP contribution is 2.15. The molecule has 0 amide bonds. The van der Waals surface area contributed by atoms with E-state index in [4.69, 9.17) is 16.3 Å². The van der Waals surface area contributed by atoms with Crippen LogP contribution in [0.1, 0.15) is 26.7 Å². The molecular formula is C14H22ClNO. The summed E-state index contributed by atoms with van der Waals surface area (Å²) in [5.41, 5.74) is 0. The van der Waals surface area contributed by atoms with Crippen LogP contribution in [-0.4, -0.2) is 19.7 Å². The number of nitrogens with one attached hydrogen (secondary N) is 1. The Hall–Kier alpha value is -0.730. The molecule has 0 fully saturated rings. The van der Waals surface area contributed by atoms with Crippen molar-refractivity contribution in [3.05, 3.63) is 29.3 Å². The summed E-state index contributed by atoms with van der Waals surface area (Å²) in [5, 5.41) is 4.16. The predicted molar refractivity (Wildman–Crippen MR) is 73.9 cm³/mol. The lowest BCUT2D eigenvalue weighted by Gasteiger charge is -2.08. The van der Waals surface area contributed by atoms with E-state index in [0.717, 1.165) is 49.2 Å². The number of halogens is 1. The Morgan fingerprint density at radius 3 is 2.53 bits per heavy atom. The zero-order valence-corrected chi connectivity index (χ0v) is 11.5. The van der Waals surface area contributed by atoms with E-state index in [9.17, 15) is 0 Å². The monoisotopic (exact) mass is 255 g/mol. The molecule has 17 heavy (non-hydrogen) atoms. The zero-order valence-electron chi connectivity index (χ0n) is 10.7. The van der Waals surface area contributed by atoms with Gasteiger partial charge in [-0.2, -0.15) is 0 Å². The fourth-order valence-electron chi connectivity index (χ4n) is 1.46. The van der Waals surface area contributed by atoms with Gasteiger partial charge in [-0.15, -0.1) is 0 Å². The molecule has 2 nitrogen and oxygen atoms in total. The quantitative estimate of drug-likeness (QED) is 0.715. The molecule has 0 spiro atoms. The maximum atomic E-state index is 5.79. The third-order valence-corrected chi connectivity index (χ3v) is 2.63. The molecule has 0 bridgehead atoms. The van der Waals surface area contributed by atoms with Crippen LogP contribution in [0.25, 0.3) is 0 Å². The summed E-state index contributed by atoms with van der Waals surface area (Å²) in [4.78, 5) is 0. The van der Waals surface area contributed by atoms with Crippen molar-refractivity contribution in [2.24, 2.45) is 5.92 Å². The fraction of sp³-hybridized carbons (Fsp3) is 0.571. The Morgan fingerprint density at radius 2 is 1.88 bits per heavy atom. The van der Waals surface area contributed by atoms with Crippen LogP contribution in [0.5, 0.6) is 5.75 Å². The Morgan fingerprint density at radius 1 is 1.18 bits per heavy atom. The fourth-order valence-corrected chi connectivity index (χ4v) is 1.59. The van der Waals surface area contributed by atoms with Crippen LogP contribution in [0.3, 0.4) is 0 Å². The first-order valence-electron chi connectivity index (χ1n) is 6.27. The zero-order chi connectivity index (χ0) is 12.5. The second kappa shape index (κ2) is 8.37. The molecule has 1 N–H and O–H groups in total. The molecule has 0 saturated carbocycles. The Kier molecular flexibility index (Phi) is 7.06. The van der Waals surface area contributed by atoms with Crippen molar-refractivity contribution in [3.8, 4) is 5.75 Å². The Bertz CT molecular complexity index is 298. The van der Waals surface area contributed by atoms with Crippen molar-refractivity contribution in [2.75, 3.05) is 19.7 Å². The van der Waals surface area contributed by atoms with Crippen LogP contribution < -0.4 is 10.1 Å². The summed E-state index contributed by atoms with van der Waals surface area (Å²) in [6.07, 6.45) is 2.23. The van der Waals surface area contributed by atoms with E-state index < -0.39 is 0 Å². The number of benzene rings is 1. The standard InChI is InChI=1S/C14H22ClNO/c1-12(2)11-16-9-3-4-10-17-14-7-5-13(15)6-8-14/h5-8,12,16H,3-4,9-11H2,1-2H3. The highest BCUT2D eigenvalue weighted by atomic mass is 35.5. The van der Waals surface area contributed by atoms with E-state index in [-0.39, 0.29) is 0 Å². The molecule has 0 unspecified atom stereocenters. The lowest BCUT2D eigenvalue weighted by molar-refractivity contribution is 0.305. The first-order valence-corrected chi connectivity index (χ1v) is 6.65. The maximum absolute atomic E-state index is 5.79. The molecular weight excluding hydrogens is 234 g/mol. The second-order valence-electron chi connectivity index (χ2n) is 4.61. The smallest absolute Gasteiger partial charge is 0.119 e. The third-order valence-electron chi connectivity index (χ3n) is 2.38. The predicted octanol–water partition coefficient (Wildman–Crippen LogP) is 3.74. The highest BCUT2D eigenvalue weighted by Gasteiger charge is 1.95. The first-order chi connectivity index (χ1) is 8.18. The molecule has 1 aromatic carbocycles. The minimum absolute atomic E-state index is 0.723. The van der Waals surface area contributed by atoms with Crippen molar-refractivity contribution in [1.29, 1.82) is 0 Å². The van der Waals surface area contributed by atoms with E-state index >= 15 is 0 Å². The van der Waals surface area contributed by atoms with Gasteiger partial charge in [0.05, 0.1) is 6.61 Å². The van der Waals surface area contributed by atoms with Gasteiger partial charge in [0.1, 0.15) is 5.75 Å². The number of hydrogen-bond donors (Lipinski definition) is 1. The van der Waals surface area contributed by atoms with Gasteiger partial charge in [-0.25, -0.2) is 0 Å². The summed E-state index contributed by atoms with van der Waals surface area (Å²) < 4.78 is 5.60. The van der Waals surface area contributed by atoms with Crippen LogP contribution >= 0.6 is 11.6 Å². The van der Waals surface area contributed by atoms with Gasteiger partial charge in [0, 0.05) is 5.02 Å². The lowest BCUT2D eigenvalue weighted by Crippen LogP contribution is -2.21. The van der Waals surface area contributed by atoms with Crippen LogP contribution in [0.4, 0.5) is 0 Å². The van der Waals surface area contributed by atoms with Crippen LogP contribution in [0, 0.1) is 5.92 Å². The van der Waals surface area contributed by atoms with Crippen LogP contribution in [-0.2, 0) is 0 Å². The van der Waals surface area contributed by atoms with Crippen molar-refractivity contribution in [3.63, 3.8) is 0 Å². The molecule has 0 aromatic heterocycles. The number of rotatable bonds is 8. The minimum atomic E-state index is 0.723. The largest absolute Gasteiger partial charge is 0.494 e. The average molecular weight is 256 g/mol. The first kappa shape index (κ1) is 14.3. The Balaban J connectivity index is 1.99. The van der Waals surface area contributed by atoms with Crippen LogP contribution in [0.15, 0.2) is 24.3 Å². The summed E-state index contributed by atoms with van der Waals surface area (Å²) in [7, 11) is 0. The van der Waals surface area contributed by atoms with Crippen molar-refractivity contribution < 1.29 is 4.74 Å². The van der Waals surface area contributed by atoms with Crippen molar-refractivity contribution in [2.45, 2.75) is 26.7 Å². The van der Waals surface area contributed by atoms with E-state index in [1.165, 1.54) is 0 Å². The summed E-state index contributed by atoms with van der Waals surface area (Å²) >= 11 is 5.79. The summed E-state index contributed by atoms with van der Waals surface area (Å²) in [6, 6.07) is 7.50. The van der Waals surface area contributed by atoms with E-state index in [1.807, 2.05) is 24.3 Å². The number of ether oxygens (including phenoxy) is 1. The molecule has 0 radical (unpaired) electrons.